The summed E-state index contributed by atoms with van der Waals surface area (Å²) in [5.41, 5.74) is 0. The first-order chi connectivity index (χ1) is 44.6. The summed E-state index contributed by atoms with van der Waals surface area (Å²) >= 11 is 0. The largest absolute Gasteiger partial charge is 0.545 e. The molecule has 0 aromatic rings. The summed E-state index contributed by atoms with van der Waals surface area (Å²) in [6.07, 6.45) is 102. The Hall–Kier alpha value is -5.09. The summed E-state index contributed by atoms with van der Waals surface area (Å²) in [6, 6.07) is 0. The summed E-state index contributed by atoms with van der Waals surface area (Å²) in [6.45, 7) is 4.61. The summed E-state index contributed by atoms with van der Waals surface area (Å²) in [7, 11) is 5.92. The molecule has 0 aromatic heterocycles. The maximum atomic E-state index is 12.9. The molecule has 0 saturated carbocycles. The van der Waals surface area contributed by atoms with Crippen LogP contribution in [0.5, 0.6) is 0 Å². The lowest BCUT2D eigenvalue weighted by molar-refractivity contribution is -0.870. The van der Waals surface area contributed by atoms with Crippen molar-refractivity contribution in [3.05, 3.63) is 158 Å². The SMILES string of the molecule is CC/C=C\C/C=C\C/C=C\C/C=C\C/C=C\C/C=C\C/C=C\C/C=C\C/C=C\C/C=C\CCCCCCCCCCCCC(=O)OC(COC(=O)CCCCCCCCCCCC/C=C\C/C=C\C/C=C\CCCCCCC)COC(OCC[N+](C)(C)C)C(=O)[O-]. The van der Waals surface area contributed by atoms with E-state index in [2.05, 4.69) is 172 Å². The van der Waals surface area contributed by atoms with E-state index in [-0.39, 0.29) is 38.6 Å². The first-order valence-corrected chi connectivity index (χ1v) is 36.6. The van der Waals surface area contributed by atoms with E-state index in [9.17, 15) is 19.5 Å². The van der Waals surface area contributed by atoms with Crippen molar-refractivity contribution in [2.24, 2.45) is 0 Å². The van der Waals surface area contributed by atoms with Crippen molar-refractivity contribution in [3.8, 4) is 0 Å². The highest BCUT2D eigenvalue weighted by Gasteiger charge is 2.22. The molecule has 2 unspecified atom stereocenters. The van der Waals surface area contributed by atoms with Crippen molar-refractivity contribution < 1.29 is 42.9 Å². The van der Waals surface area contributed by atoms with Gasteiger partial charge in [0.1, 0.15) is 13.2 Å². The van der Waals surface area contributed by atoms with Gasteiger partial charge in [-0.25, -0.2) is 0 Å². The maximum Gasteiger partial charge on any atom is 0.306 e. The molecule has 9 heteroatoms. The third-order valence-electron chi connectivity index (χ3n) is 15.3. The lowest BCUT2D eigenvalue weighted by Crippen LogP contribution is -2.44. The molecular formula is C82H135NO8. The molecule has 0 saturated heterocycles. The Morgan fingerprint density at radius 1 is 0.341 bits per heavy atom. The van der Waals surface area contributed by atoms with Gasteiger partial charge in [0.15, 0.2) is 12.4 Å². The smallest absolute Gasteiger partial charge is 0.306 e. The molecule has 0 amide bonds. The van der Waals surface area contributed by atoms with E-state index in [0.29, 0.717) is 17.4 Å². The minimum absolute atomic E-state index is 0.139. The predicted octanol–water partition coefficient (Wildman–Crippen LogP) is 21.9. The van der Waals surface area contributed by atoms with Crippen molar-refractivity contribution in [2.45, 2.75) is 296 Å². The van der Waals surface area contributed by atoms with Crippen molar-refractivity contribution >= 4 is 17.9 Å². The number of allylic oxidation sites excluding steroid dienone is 26. The van der Waals surface area contributed by atoms with E-state index in [1.165, 1.54) is 116 Å². The average molecular weight is 1260 g/mol. The van der Waals surface area contributed by atoms with Crippen LogP contribution in [0.3, 0.4) is 0 Å². The Morgan fingerprint density at radius 2 is 0.626 bits per heavy atom. The van der Waals surface area contributed by atoms with E-state index in [4.69, 9.17) is 18.9 Å². The van der Waals surface area contributed by atoms with Gasteiger partial charge in [0, 0.05) is 12.8 Å². The van der Waals surface area contributed by atoms with Crippen molar-refractivity contribution in [1.82, 2.24) is 0 Å². The van der Waals surface area contributed by atoms with Gasteiger partial charge in [-0.3, -0.25) is 9.59 Å². The van der Waals surface area contributed by atoms with Gasteiger partial charge in [-0.1, -0.05) is 300 Å². The second kappa shape index (κ2) is 70.8. The van der Waals surface area contributed by atoms with E-state index in [1.54, 1.807) is 0 Å². The zero-order valence-electron chi connectivity index (χ0n) is 58.9. The fourth-order valence-electron chi connectivity index (χ4n) is 9.69. The third kappa shape index (κ3) is 72.2. The van der Waals surface area contributed by atoms with Gasteiger partial charge in [-0.05, 0) is 128 Å². The molecule has 0 rings (SSSR count). The number of hydrogen-bond donors (Lipinski definition) is 0. The number of unbranched alkanes of at least 4 members (excludes halogenated alkanes) is 25. The lowest BCUT2D eigenvalue weighted by atomic mass is 10.0. The molecule has 516 valence electrons. The van der Waals surface area contributed by atoms with E-state index >= 15 is 0 Å². The summed E-state index contributed by atoms with van der Waals surface area (Å²) in [5.74, 6) is -2.30. The topological polar surface area (TPSA) is 111 Å². The molecule has 0 aliphatic heterocycles. The number of esters is 2. The molecule has 2 atom stereocenters. The Bertz CT molecular complexity index is 2060. The van der Waals surface area contributed by atoms with E-state index in [1.807, 2.05) is 21.1 Å². The number of quaternary nitrogens is 1. The van der Waals surface area contributed by atoms with Gasteiger partial charge >= 0.3 is 11.9 Å². The third-order valence-corrected chi connectivity index (χ3v) is 15.3. The number of rotatable bonds is 66. The molecule has 9 nitrogen and oxygen atoms in total. The number of likely N-dealkylation sites (N-methyl/N-ethyl adjacent to an activating group) is 1. The zero-order chi connectivity index (χ0) is 66.1. The van der Waals surface area contributed by atoms with Gasteiger partial charge in [-0.2, -0.15) is 0 Å². The van der Waals surface area contributed by atoms with Gasteiger partial charge in [0.25, 0.3) is 0 Å². The molecule has 0 N–H and O–H groups in total. The molecule has 0 radical (unpaired) electrons. The number of carboxylic acids is 1. The summed E-state index contributed by atoms with van der Waals surface area (Å²) in [5, 5.41) is 11.8. The Morgan fingerprint density at radius 3 is 0.934 bits per heavy atom. The number of carbonyl (C=O) groups excluding carboxylic acids is 3. The monoisotopic (exact) mass is 1260 g/mol. The highest BCUT2D eigenvalue weighted by molar-refractivity contribution is 5.70. The normalized spacial score (nSPS) is 13.6. The Balaban J connectivity index is 4.16. The number of carboxylic acid groups (broad SMARTS) is 1. The molecule has 0 spiro atoms. The first kappa shape index (κ1) is 85.9. The number of carbonyl (C=O) groups is 3. The van der Waals surface area contributed by atoms with Gasteiger partial charge in [0.05, 0.1) is 40.3 Å². The quantitative estimate of drug-likeness (QED) is 0.0195. The maximum absolute atomic E-state index is 12.9. The second-order valence-corrected chi connectivity index (χ2v) is 25.1. The highest BCUT2D eigenvalue weighted by Crippen LogP contribution is 2.16. The molecule has 0 aliphatic rings. The van der Waals surface area contributed by atoms with Crippen molar-refractivity contribution in [2.75, 3.05) is 47.5 Å². The number of nitrogens with zero attached hydrogens (tertiary/aromatic N) is 1. The van der Waals surface area contributed by atoms with Crippen LogP contribution in [0.2, 0.25) is 0 Å². The zero-order valence-corrected chi connectivity index (χ0v) is 58.9. The minimum Gasteiger partial charge on any atom is -0.545 e. The minimum atomic E-state index is -1.63. The average Bonchev–Trinajstić information content (AvgIpc) is 3.53. The highest BCUT2D eigenvalue weighted by atomic mass is 16.7. The summed E-state index contributed by atoms with van der Waals surface area (Å²) < 4.78 is 22.8. The van der Waals surface area contributed by atoms with Crippen LogP contribution in [-0.4, -0.2) is 82.3 Å². The van der Waals surface area contributed by atoms with Crippen LogP contribution in [0.1, 0.15) is 284 Å². The molecule has 0 aliphatic carbocycles. The molecular weight excluding hydrogens is 1130 g/mol. The predicted molar refractivity (Wildman–Crippen MR) is 389 cm³/mol. The molecule has 0 heterocycles. The van der Waals surface area contributed by atoms with Gasteiger partial charge < -0.3 is 33.3 Å². The number of ether oxygens (including phenoxy) is 4. The van der Waals surface area contributed by atoms with Crippen LogP contribution in [0.15, 0.2) is 158 Å². The van der Waals surface area contributed by atoms with E-state index in [0.717, 1.165) is 135 Å². The molecule has 0 aromatic carbocycles. The lowest BCUT2D eigenvalue weighted by Gasteiger charge is -2.26. The Kier molecular flexibility index (Phi) is 66.8. The fourth-order valence-corrected chi connectivity index (χ4v) is 9.69. The second-order valence-electron chi connectivity index (χ2n) is 25.1. The molecule has 0 fully saturated rings. The molecule has 0 bridgehead atoms. The van der Waals surface area contributed by atoms with Crippen molar-refractivity contribution in [3.63, 3.8) is 0 Å². The van der Waals surface area contributed by atoms with Crippen LogP contribution >= 0.6 is 0 Å². The van der Waals surface area contributed by atoms with Crippen LogP contribution < -0.4 is 5.11 Å². The van der Waals surface area contributed by atoms with Crippen LogP contribution in [0.4, 0.5) is 0 Å². The number of aliphatic carboxylic acids is 1. The first-order valence-electron chi connectivity index (χ1n) is 36.6. The van der Waals surface area contributed by atoms with Crippen LogP contribution in [0, 0.1) is 0 Å². The standard InChI is InChI=1S/C82H135NO8/c1-6-8-10-12-14-16-18-20-22-24-26-28-30-32-33-34-35-36-37-38-39-40-41-42-43-44-45-46-47-49-51-53-55-57-59-61-63-65-67-69-71-73-80(85)91-78(77-90-82(81(86)87)88-75-74-83(3,4)5)76-89-79(84)72-70-68-66-64-62-60-58-56-54-52-50-48-31-29-27-25-23-21-19-17-15-13-11-9-7-2/h8,10,14,16,19-22,25-28,31-33,35-36,38-39,41-42,44-45,47-49,78,82H,6-7,9,11-13,15,17-18,23-24,29-30,34,37,40,43,46,50-77H2,1-5H3/b10-8-,16-14-,21-19-,22-20-,27-25-,28-26-,33-32-,36-35-,39-38-,42-41-,45-44-,48-31-,49-47-. The van der Waals surface area contributed by atoms with E-state index < -0.39 is 24.3 Å². The van der Waals surface area contributed by atoms with Gasteiger partial charge in [0.2, 0.25) is 0 Å². The molecule has 91 heavy (non-hydrogen) atoms. The van der Waals surface area contributed by atoms with Gasteiger partial charge in [-0.15, -0.1) is 0 Å². The number of hydrogen-bond acceptors (Lipinski definition) is 8. The summed E-state index contributed by atoms with van der Waals surface area (Å²) in [4.78, 5) is 37.5. The van der Waals surface area contributed by atoms with Crippen LogP contribution in [0.25, 0.3) is 0 Å². The van der Waals surface area contributed by atoms with Crippen LogP contribution in [-0.2, 0) is 33.3 Å². The fraction of sp³-hybridized carbons (Fsp3) is 0.646. The van der Waals surface area contributed by atoms with Crippen molar-refractivity contribution in [1.29, 1.82) is 0 Å². The Labute approximate surface area is 559 Å².